The molecule has 0 saturated carbocycles. The molecule has 0 aliphatic carbocycles. The largest absolute Gasteiger partial charge is 0.505 e. The average molecular weight is 1750 g/mol. The van der Waals surface area contributed by atoms with Gasteiger partial charge in [0, 0.05) is 93.6 Å². The Morgan fingerprint density at radius 2 is 0.589 bits per heavy atom. The number of aromatic nitrogens is 9. The molecule has 3 aromatic heterocycles. The standard InChI is InChI=1S/C30H29N3O.C30H56N2O4.C29H35N3O.C22H29N3O/c1-29(2,21-13-7-5-8-14-21)23-19-24(30(3,4)22-15-9-6-10-16-22)28(34)27(20-23)33-31-25-17-11-12-18-26(25)32-33;1-27(2)19-23(20-28(3,4)31(27)9)35-25(33)17-15-13-11-12-14-16-18-26(34)36-24-21-29(5,6)32(10)30(7,8)22-24;1-27(2,3)19-28(4,5)21-17-22(29(6,7)20-13-9-8-10-14-20)26(33)25(18-21)32-30-23-15-11-12-16-24(23)31-32;1-7-21(3,4)15-13-16(22(5,6)8-2)20(26)19(14-15)25-23-17-11-9-10-12-18(17)24-25/h5-20,34H,1-4H3;23-24H,11-22H2,1-10H3;8-18,33H,19H2,1-7H3;9-14,26H,7-8H2,1-6H3. The molecule has 18 nitrogen and oxygen atoms in total. The molecule has 0 amide bonds. The van der Waals surface area contributed by atoms with E-state index >= 15 is 0 Å². The van der Waals surface area contributed by atoms with Crippen LogP contribution in [0.15, 0.2) is 200 Å². The van der Waals surface area contributed by atoms with Crippen molar-refractivity contribution in [2.75, 3.05) is 14.1 Å². The monoisotopic (exact) mass is 1750 g/mol. The van der Waals surface area contributed by atoms with Crippen molar-refractivity contribution in [2.45, 2.75) is 336 Å². The third-order valence-corrected chi connectivity index (χ3v) is 28.5. The van der Waals surface area contributed by atoms with Gasteiger partial charge in [-0.2, -0.15) is 0 Å². The topological polar surface area (TPSA) is 212 Å². The fraction of sp³-hybridized carbons (Fsp3) is 0.495. The van der Waals surface area contributed by atoms with Gasteiger partial charge in [0.25, 0.3) is 0 Å². The minimum Gasteiger partial charge on any atom is -0.505 e. The Hall–Kier alpha value is -10.6. The summed E-state index contributed by atoms with van der Waals surface area (Å²) in [6.07, 6.45) is 13.5. The Bertz CT molecular complexity index is 5610. The Labute approximate surface area is 770 Å². The van der Waals surface area contributed by atoms with Crippen molar-refractivity contribution in [1.82, 2.24) is 54.8 Å². The number of phenols is 3. The van der Waals surface area contributed by atoms with Crippen molar-refractivity contribution < 1.29 is 34.4 Å². The SMILES string of the molecule is CC(C)(C)CC(C)(C)c1cc(-n2nc3ccccc3n2)c(O)c(C(C)(C)c2ccccc2)c1.CC(C)(c1ccccc1)c1cc(-n2nc3ccccc3n2)c(O)c(C(C)(C)c2ccccc2)c1.CCC(C)(C)c1cc(-n2nc3ccccc3n2)c(O)c(C(C)(C)CC)c1.CN1C(C)(C)CC(OC(=O)CCCCCCCCC(=O)OC2CC(C)(C)N(C)C(C)(C)C2)CC1(C)C. The summed E-state index contributed by atoms with van der Waals surface area (Å²) < 4.78 is 11.7. The van der Waals surface area contributed by atoms with Crippen molar-refractivity contribution in [3.8, 4) is 34.3 Å². The van der Waals surface area contributed by atoms with Crippen LogP contribution in [0.5, 0.6) is 17.2 Å². The van der Waals surface area contributed by atoms with E-state index in [2.05, 4.69) is 300 Å². The van der Waals surface area contributed by atoms with E-state index in [1.54, 1.807) is 14.4 Å². The van der Waals surface area contributed by atoms with Crippen molar-refractivity contribution in [1.29, 1.82) is 0 Å². The molecule has 129 heavy (non-hydrogen) atoms. The van der Waals surface area contributed by atoms with Crippen LogP contribution in [-0.2, 0) is 51.6 Å². The van der Waals surface area contributed by atoms with Crippen LogP contribution < -0.4 is 0 Å². The lowest BCUT2D eigenvalue weighted by Crippen LogP contribution is -2.60. The number of likely N-dealkylation sites (tertiary alicyclic amines) is 2. The minimum atomic E-state index is -0.435. The van der Waals surface area contributed by atoms with E-state index < -0.39 is 10.8 Å². The van der Waals surface area contributed by atoms with Gasteiger partial charge in [0.15, 0.2) is 0 Å². The molecule has 2 aliphatic heterocycles. The van der Waals surface area contributed by atoms with Gasteiger partial charge < -0.3 is 24.8 Å². The van der Waals surface area contributed by atoms with E-state index in [-0.39, 0.29) is 90.6 Å². The van der Waals surface area contributed by atoms with Gasteiger partial charge in [-0.1, -0.05) is 289 Å². The number of ether oxygens (including phenoxy) is 2. The number of nitrogens with zero attached hydrogens (tertiary/aromatic N) is 11. The molecular formula is C111H149N11O7. The molecule has 0 unspecified atom stereocenters. The van der Waals surface area contributed by atoms with Crippen LogP contribution in [0.3, 0.4) is 0 Å². The molecule has 14 rings (SSSR count). The molecule has 2 saturated heterocycles. The summed E-state index contributed by atoms with van der Waals surface area (Å²) in [4.78, 5) is 34.3. The number of carbonyl (C=O) groups is 2. The third kappa shape index (κ3) is 23.3. The van der Waals surface area contributed by atoms with Crippen LogP contribution in [-0.4, -0.2) is 130 Å². The van der Waals surface area contributed by atoms with Gasteiger partial charge in [-0.25, -0.2) is 0 Å². The van der Waals surface area contributed by atoms with E-state index in [1.165, 1.54) is 16.7 Å². The lowest BCUT2D eigenvalue weighted by Gasteiger charge is -2.53. The second kappa shape index (κ2) is 39.2. The molecule has 0 radical (unpaired) electrons. The minimum absolute atomic E-state index is 0.00474. The van der Waals surface area contributed by atoms with Crippen LogP contribution in [0, 0.1) is 5.41 Å². The van der Waals surface area contributed by atoms with Crippen LogP contribution in [0.4, 0.5) is 0 Å². The average Bonchev–Trinajstić information content (AvgIpc) is 1.73. The maximum absolute atomic E-state index is 12.4. The summed E-state index contributed by atoms with van der Waals surface area (Å²) in [6, 6.07) is 67.0. The van der Waals surface area contributed by atoms with Crippen LogP contribution in [0.1, 0.15) is 319 Å². The van der Waals surface area contributed by atoms with Gasteiger partial charge >= 0.3 is 11.9 Å². The number of piperidine rings is 2. The van der Waals surface area contributed by atoms with E-state index in [9.17, 15) is 24.9 Å². The summed E-state index contributed by atoms with van der Waals surface area (Å²) >= 11 is 0. The maximum atomic E-state index is 12.4. The Kier molecular flexibility index (Phi) is 30.1. The van der Waals surface area contributed by atoms with Gasteiger partial charge in [0.1, 0.15) is 79.6 Å². The zero-order chi connectivity index (χ0) is 94.4. The van der Waals surface area contributed by atoms with Crippen molar-refractivity contribution in [3.05, 3.63) is 250 Å². The summed E-state index contributed by atoms with van der Waals surface area (Å²) in [6.45, 7) is 55.4. The van der Waals surface area contributed by atoms with E-state index in [0.717, 1.165) is 150 Å². The second-order valence-corrected chi connectivity index (χ2v) is 43.7. The number of benzene rings is 9. The zero-order valence-electron chi connectivity index (χ0n) is 82.7. The normalized spacial score (nSPS) is 15.9. The highest BCUT2D eigenvalue weighted by Gasteiger charge is 2.47. The zero-order valence-corrected chi connectivity index (χ0v) is 82.7. The van der Waals surface area contributed by atoms with Crippen LogP contribution in [0.2, 0.25) is 0 Å². The first-order chi connectivity index (χ1) is 60.3. The number of hydrogen-bond donors (Lipinski definition) is 3. The fourth-order valence-corrected chi connectivity index (χ4v) is 19.2. The van der Waals surface area contributed by atoms with Gasteiger partial charge in [0.2, 0.25) is 0 Å². The summed E-state index contributed by atoms with van der Waals surface area (Å²) in [7, 11) is 4.33. The molecule has 9 aromatic carbocycles. The highest BCUT2D eigenvalue weighted by atomic mass is 16.5. The number of carbonyl (C=O) groups excluding carboxylic acids is 2. The molecule has 18 heteroatoms. The molecule has 2 fully saturated rings. The maximum Gasteiger partial charge on any atom is 0.306 e. The number of esters is 2. The molecule has 0 bridgehead atoms. The molecule has 2 aliphatic rings. The quantitative estimate of drug-likeness (QED) is 0.0340. The van der Waals surface area contributed by atoms with Crippen molar-refractivity contribution in [3.63, 3.8) is 0 Å². The van der Waals surface area contributed by atoms with Gasteiger partial charge in [0.05, 0.1) is 0 Å². The highest BCUT2D eigenvalue weighted by Crippen LogP contribution is 2.49. The fourth-order valence-electron chi connectivity index (χ4n) is 19.2. The van der Waals surface area contributed by atoms with Crippen LogP contribution >= 0.6 is 0 Å². The van der Waals surface area contributed by atoms with Crippen molar-refractivity contribution >= 4 is 45.0 Å². The smallest absolute Gasteiger partial charge is 0.306 e. The lowest BCUT2D eigenvalue weighted by molar-refractivity contribution is -0.160. The molecule has 5 heterocycles. The number of aromatic hydroxyl groups is 3. The van der Waals surface area contributed by atoms with E-state index in [4.69, 9.17) is 9.47 Å². The Morgan fingerprint density at radius 3 is 0.891 bits per heavy atom. The summed E-state index contributed by atoms with van der Waals surface area (Å²) in [5, 5.41) is 62.2. The number of phenolic OH excluding ortho intramolecular Hbond substituents is 3. The van der Waals surface area contributed by atoms with Crippen molar-refractivity contribution in [2.24, 2.45) is 5.41 Å². The third-order valence-electron chi connectivity index (χ3n) is 28.5. The summed E-state index contributed by atoms with van der Waals surface area (Å²) in [5.74, 6) is 0.576. The molecular weight excluding hydrogens is 1600 g/mol. The second-order valence-electron chi connectivity index (χ2n) is 43.7. The Morgan fingerprint density at radius 1 is 0.333 bits per heavy atom. The number of hydrogen-bond acceptors (Lipinski definition) is 15. The van der Waals surface area contributed by atoms with Gasteiger partial charge in [-0.15, -0.1) is 45.0 Å². The first-order valence-electron chi connectivity index (χ1n) is 47.0. The number of unbranched alkanes of at least 4 members (excludes halogenated alkanes) is 5. The van der Waals surface area contributed by atoms with Gasteiger partial charge in [-0.05, 0) is 211 Å². The predicted molar refractivity (Wildman–Crippen MR) is 528 cm³/mol. The number of fused-ring (bicyclic) bond motifs is 3. The number of rotatable bonds is 26. The molecule has 12 aromatic rings. The first kappa shape index (κ1) is 99.0. The lowest BCUT2D eigenvalue weighted by atomic mass is 9.70. The van der Waals surface area contributed by atoms with E-state index in [1.807, 2.05) is 127 Å². The molecule has 3 N–H and O–H groups in total. The van der Waals surface area contributed by atoms with Gasteiger partial charge in [-0.3, -0.25) is 19.4 Å². The predicted octanol–water partition coefficient (Wildman–Crippen LogP) is 25.9. The highest BCUT2D eigenvalue weighted by molar-refractivity contribution is 5.77. The Balaban J connectivity index is 0.000000167. The van der Waals surface area contributed by atoms with Crippen LogP contribution in [0.25, 0.3) is 50.2 Å². The summed E-state index contributed by atoms with van der Waals surface area (Å²) in [5.41, 5.74) is 15.2. The molecule has 690 valence electrons. The molecule has 0 atom stereocenters. The van der Waals surface area contributed by atoms with E-state index in [0.29, 0.717) is 29.9 Å². The first-order valence-corrected chi connectivity index (χ1v) is 47.0. The molecule has 0 spiro atoms.